The molecule has 0 atom stereocenters. The minimum atomic E-state index is -0.737. The minimum absolute atomic E-state index is 0.00598. The SMILES string of the molecule is CC(C)C(=O)NCCCCCCOC(=O)/C=C/C(=O)OCNC(=O)C(C)C. The molecule has 8 heteroatoms. The molecule has 0 aliphatic heterocycles. The first-order valence-corrected chi connectivity index (χ1v) is 9.31. The van der Waals surface area contributed by atoms with Gasteiger partial charge in [-0.15, -0.1) is 0 Å². The fourth-order valence-electron chi connectivity index (χ4n) is 1.78. The normalized spacial score (nSPS) is 10.9. The van der Waals surface area contributed by atoms with Crippen LogP contribution in [0.5, 0.6) is 0 Å². The maximum absolute atomic E-state index is 11.5. The molecule has 0 rings (SSSR count). The van der Waals surface area contributed by atoms with Crippen LogP contribution < -0.4 is 10.6 Å². The van der Waals surface area contributed by atoms with Crippen LogP contribution in [0.1, 0.15) is 53.4 Å². The molecule has 2 N–H and O–H groups in total. The Hall–Kier alpha value is -2.38. The van der Waals surface area contributed by atoms with Crippen molar-refractivity contribution in [3.8, 4) is 0 Å². The molecule has 0 aromatic carbocycles. The molecule has 8 nitrogen and oxygen atoms in total. The number of ether oxygens (including phenoxy) is 2. The highest BCUT2D eigenvalue weighted by molar-refractivity contribution is 5.91. The second-order valence-corrected chi connectivity index (χ2v) is 6.66. The van der Waals surface area contributed by atoms with Gasteiger partial charge in [0.1, 0.15) is 0 Å². The molecule has 0 unspecified atom stereocenters. The van der Waals surface area contributed by atoms with E-state index in [0.29, 0.717) is 13.0 Å². The molecule has 154 valence electrons. The fraction of sp³-hybridized carbons (Fsp3) is 0.684. The number of carbonyl (C=O) groups excluding carboxylic acids is 4. The highest BCUT2D eigenvalue weighted by Gasteiger charge is 2.07. The summed E-state index contributed by atoms with van der Waals surface area (Å²) in [5.74, 6) is -1.74. The van der Waals surface area contributed by atoms with Gasteiger partial charge < -0.3 is 20.1 Å². The van der Waals surface area contributed by atoms with Gasteiger partial charge in [0.15, 0.2) is 6.73 Å². The van der Waals surface area contributed by atoms with E-state index in [0.717, 1.165) is 31.4 Å². The first kappa shape index (κ1) is 24.6. The number of esters is 2. The van der Waals surface area contributed by atoms with Gasteiger partial charge >= 0.3 is 11.9 Å². The van der Waals surface area contributed by atoms with Crippen LogP contribution in [-0.4, -0.2) is 43.6 Å². The summed E-state index contributed by atoms with van der Waals surface area (Å²) in [5, 5.41) is 5.26. The summed E-state index contributed by atoms with van der Waals surface area (Å²) in [5.41, 5.74) is 0. The van der Waals surface area contributed by atoms with Gasteiger partial charge in [-0.05, 0) is 19.3 Å². The van der Waals surface area contributed by atoms with Gasteiger partial charge in [-0.2, -0.15) is 0 Å². The van der Waals surface area contributed by atoms with E-state index >= 15 is 0 Å². The molecule has 0 aromatic rings. The molecular formula is C19H32N2O6. The van der Waals surface area contributed by atoms with Crippen LogP contribution in [0.25, 0.3) is 0 Å². The quantitative estimate of drug-likeness (QED) is 0.216. The lowest BCUT2D eigenvalue weighted by molar-refractivity contribution is -0.142. The van der Waals surface area contributed by atoms with Crippen LogP contribution in [0.15, 0.2) is 12.2 Å². The van der Waals surface area contributed by atoms with Crippen LogP contribution in [-0.2, 0) is 28.7 Å². The molecule has 0 radical (unpaired) electrons. The Morgan fingerprint density at radius 2 is 1.26 bits per heavy atom. The molecule has 0 saturated heterocycles. The van der Waals surface area contributed by atoms with Gasteiger partial charge in [-0.25, -0.2) is 9.59 Å². The molecule has 0 fully saturated rings. The Bertz CT molecular complexity index is 514. The lowest BCUT2D eigenvalue weighted by atomic mass is 10.2. The van der Waals surface area contributed by atoms with Gasteiger partial charge in [-0.1, -0.05) is 34.1 Å². The molecular weight excluding hydrogens is 352 g/mol. The van der Waals surface area contributed by atoms with Crippen LogP contribution >= 0.6 is 0 Å². The van der Waals surface area contributed by atoms with Crippen molar-refractivity contribution in [3.05, 3.63) is 12.2 Å². The van der Waals surface area contributed by atoms with Crippen molar-refractivity contribution in [2.24, 2.45) is 11.8 Å². The predicted molar refractivity (Wildman–Crippen MR) is 100 cm³/mol. The Morgan fingerprint density at radius 1 is 0.741 bits per heavy atom. The number of carbonyl (C=O) groups is 4. The minimum Gasteiger partial charge on any atom is -0.463 e. The summed E-state index contributed by atoms with van der Waals surface area (Å²) < 4.78 is 9.70. The monoisotopic (exact) mass is 384 g/mol. The highest BCUT2D eigenvalue weighted by atomic mass is 16.5. The second-order valence-electron chi connectivity index (χ2n) is 6.66. The average molecular weight is 384 g/mol. The van der Waals surface area contributed by atoms with Gasteiger partial charge in [0, 0.05) is 30.5 Å². The fourth-order valence-corrected chi connectivity index (χ4v) is 1.78. The van der Waals surface area contributed by atoms with Crippen molar-refractivity contribution in [1.29, 1.82) is 0 Å². The Morgan fingerprint density at radius 3 is 1.85 bits per heavy atom. The van der Waals surface area contributed by atoms with E-state index in [9.17, 15) is 19.2 Å². The topological polar surface area (TPSA) is 111 Å². The molecule has 2 amide bonds. The van der Waals surface area contributed by atoms with Crippen molar-refractivity contribution < 1.29 is 28.7 Å². The average Bonchev–Trinajstić information content (AvgIpc) is 2.61. The molecule has 0 aliphatic rings. The number of hydrogen-bond donors (Lipinski definition) is 2. The molecule has 0 aliphatic carbocycles. The van der Waals surface area contributed by atoms with E-state index in [-0.39, 0.29) is 37.0 Å². The van der Waals surface area contributed by atoms with E-state index in [4.69, 9.17) is 9.47 Å². The molecule has 0 aromatic heterocycles. The third kappa shape index (κ3) is 14.5. The highest BCUT2D eigenvalue weighted by Crippen LogP contribution is 2.00. The number of hydrogen-bond acceptors (Lipinski definition) is 6. The summed E-state index contributed by atoms with van der Waals surface area (Å²) >= 11 is 0. The van der Waals surface area contributed by atoms with E-state index in [2.05, 4.69) is 10.6 Å². The number of amides is 2. The third-order valence-electron chi connectivity index (χ3n) is 3.48. The number of nitrogens with one attached hydrogen (secondary N) is 2. The standard InChI is InChI=1S/C19H32N2O6/c1-14(2)18(24)20-11-7-5-6-8-12-26-16(22)9-10-17(23)27-13-21-19(25)15(3)4/h9-10,14-15H,5-8,11-13H2,1-4H3,(H,20,24)(H,21,25)/b10-9+. The lowest BCUT2D eigenvalue weighted by Gasteiger charge is -2.07. The lowest BCUT2D eigenvalue weighted by Crippen LogP contribution is -2.30. The zero-order chi connectivity index (χ0) is 20.7. The van der Waals surface area contributed by atoms with E-state index in [1.54, 1.807) is 13.8 Å². The molecule has 0 bridgehead atoms. The first-order valence-electron chi connectivity index (χ1n) is 9.31. The summed E-state index contributed by atoms with van der Waals surface area (Å²) in [6, 6.07) is 0. The Kier molecular flexibility index (Phi) is 13.5. The molecule has 0 saturated carbocycles. The van der Waals surface area contributed by atoms with Crippen molar-refractivity contribution in [2.45, 2.75) is 53.4 Å². The van der Waals surface area contributed by atoms with Crippen LogP contribution in [0.2, 0.25) is 0 Å². The van der Waals surface area contributed by atoms with E-state index in [1.165, 1.54) is 0 Å². The van der Waals surface area contributed by atoms with Crippen LogP contribution in [0.3, 0.4) is 0 Å². The maximum Gasteiger partial charge on any atom is 0.332 e. The van der Waals surface area contributed by atoms with Gasteiger partial charge in [0.05, 0.1) is 6.61 Å². The van der Waals surface area contributed by atoms with Crippen molar-refractivity contribution in [2.75, 3.05) is 19.9 Å². The van der Waals surface area contributed by atoms with Gasteiger partial charge in [-0.3, -0.25) is 9.59 Å². The zero-order valence-corrected chi connectivity index (χ0v) is 16.7. The molecule has 0 heterocycles. The summed E-state index contributed by atoms with van der Waals surface area (Å²) in [7, 11) is 0. The number of rotatable bonds is 13. The smallest absolute Gasteiger partial charge is 0.332 e. The van der Waals surface area contributed by atoms with Crippen molar-refractivity contribution in [1.82, 2.24) is 10.6 Å². The predicted octanol–water partition coefficient (Wildman–Crippen LogP) is 1.69. The third-order valence-corrected chi connectivity index (χ3v) is 3.48. The summed E-state index contributed by atoms with van der Waals surface area (Å²) in [6.45, 7) is 7.81. The second kappa shape index (κ2) is 14.8. The Labute approximate surface area is 161 Å². The maximum atomic E-state index is 11.5. The van der Waals surface area contributed by atoms with Crippen molar-refractivity contribution >= 4 is 23.8 Å². The van der Waals surface area contributed by atoms with Crippen LogP contribution in [0.4, 0.5) is 0 Å². The molecule has 0 spiro atoms. The number of unbranched alkanes of at least 4 members (excludes halogenated alkanes) is 3. The zero-order valence-electron chi connectivity index (χ0n) is 16.7. The van der Waals surface area contributed by atoms with E-state index in [1.807, 2.05) is 13.8 Å². The first-order chi connectivity index (χ1) is 12.7. The Balaban J connectivity index is 3.65. The van der Waals surface area contributed by atoms with Gasteiger partial charge in [0.2, 0.25) is 11.8 Å². The summed E-state index contributed by atoms with van der Waals surface area (Å²) in [4.78, 5) is 45.4. The largest absolute Gasteiger partial charge is 0.463 e. The summed E-state index contributed by atoms with van der Waals surface area (Å²) in [6.07, 6.45) is 5.36. The van der Waals surface area contributed by atoms with Crippen LogP contribution in [0, 0.1) is 11.8 Å². The van der Waals surface area contributed by atoms with Crippen molar-refractivity contribution in [3.63, 3.8) is 0 Å². The van der Waals surface area contributed by atoms with E-state index < -0.39 is 11.9 Å². The molecule has 27 heavy (non-hydrogen) atoms. The van der Waals surface area contributed by atoms with Gasteiger partial charge in [0.25, 0.3) is 0 Å².